The Labute approximate surface area is 199 Å². The molecule has 1 spiro atoms. The minimum absolute atomic E-state index is 0. The van der Waals surface area contributed by atoms with Crippen molar-refractivity contribution >= 4 is 36.0 Å². The number of nitrogens with zero attached hydrogens (tertiary/aromatic N) is 3. The maximum Gasteiger partial charge on any atom is 0.410 e. The highest BCUT2D eigenvalue weighted by molar-refractivity contribution is 14.0. The molecule has 0 bridgehead atoms. The Morgan fingerprint density at radius 3 is 2.73 bits per heavy atom. The van der Waals surface area contributed by atoms with Gasteiger partial charge in [-0.05, 0) is 65.7 Å². The topological polar surface area (TPSA) is 66.4 Å². The van der Waals surface area contributed by atoms with Crippen LogP contribution < -0.4 is 5.32 Å². The first-order chi connectivity index (χ1) is 13.8. The number of nitrogens with one attached hydrogen (secondary N) is 1. The summed E-state index contributed by atoms with van der Waals surface area (Å²) in [6.07, 6.45) is 5.41. The van der Waals surface area contributed by atoms with Crippen molar-refractivity contribution in [1.82, 2.24) is 15.1 Å². The van der Waals surface area contributed by atoms with Gasteiger partial charge < -0.3 is 24.6 Å². The van der Waals surface area contributed by atoms with Crippen LogP contribution in [-0.2, 0) is 9.47 Å². The lowest BCUT2D eigenvalue weighted by atomic mass is 9.87. The number of guanidine groups is 1. The average molecular weight is 536 g/mol. The van der Waals surface area contributed by atoms with E-state index in [2.05, 4.69) is 17.1 Å². The van der Waals surface area contributed by atoms with E-state index in [4.69, 9.17) is 14.5 Å². The summed E-state index contributed by atoms with van der Waals surface area (Å²) >= 11 is 0. The SMILES string of the molecule is CCNC(=NCCC1CCCN(C(=O)OC(C)(C)C)C1)N1CCC2(CCOC2)C1.I. The normalized spacial score (nSPS) is 27.3. The standard InChI is InChI=1S/C22H40N4O3.HI/c1-5-23-19(26-13-9-22(16-26)10-14-28-17-22)24-11-8-18-7-6-12-25(15-18)20(27)29-21(2,3)4;/h18H,5-17H2,1-4H3,(H,23,24);1H. The average Bonchev–Trinajstić information content (AvgIpc) is 3.30. The Morgan fingerprint density at radius 2 is 2.07 bits per heavy atom. The van der Waals surface area contributed by atoms with Crippen LogP contribution in [0.5, 0.6) is 0 Å². The van der Waals surface area contributed by atoms with Gasteiger partial charge in [0.1, 0.15) is 5.60 Å². The number of amides is 1. The van der Waals surface area contributed by atoms with Crippen LogP contribution in [0.4, 0.5) is 4.79 Å². The van der Waals surface area contributed by atoms with E-state index < -0.39 is 5.60 Å². The van der Waals surface area contributed by atoms with E-state index in [-0.39, 0.29) is 30.1 Å². The second-order valence-corrected chi connectivity index (χ2v) is 9.93. The van der Waals surface area contributed by atoms with Crippen LogP contribution in [0, 0.1) is 11.3 Å². The third-order valence-electron chi connectivity index (χ3n) is 6.23. The van der Waals surface area contributed by atoms with Gasteiger partial charge in [0, 0.05) is 51.3 Å². The molecule has 2 unspecified atom stereocenters. The van der Waals surface area contributed by atoms with E-state index in [1.54, 1.807) is 0 Å². The molecule has 3 aliphatic rings. The van der Waals surface area contributed by atoms with E-state index in [9.17, 15) is 4.79 Å². The molecule has 30 heavy (non-hydrogen) atoms. The van der Waals surface area contributed by atoms with Crippen LogP contribution in [0.15, 0.2) is 4.99 Å². The summed E-state index contributed by atoms with van der Waals surface area (Å²) in [5, 5.41) is 3.47. The predicted molar refractivity (Wildman–Crippen MR) is 131 cm³/mol. The zero-order valence-electron chi connectivity index (χ0n) is 19.2. The Bertz CT molecular complexity index is 587. The zero-order chi connectivity index (χ0) is 20.9. The van der Waals surface area contributed by atoms with E-state index in [0.29, 0.717) is 11.3 Å². The smallest absolute Gasteiger partial charge is 0.410 e. The van der Waals surface area contributed by atoms with Gasteiger partial charge in [-0.2, -0.15) is 0 Å². The molecular formula is C22H41IN4O3. The van der Waals surface area contributed by atoms with Crippen LogP contribution >= 0.6 is 24.0 Å². The van der Waals surface area contributed by atoms with Gasteiger partial charge in [-0.15, -0.1) is 24.0 Å². The lowest BCUT2D eigenvalue weighted by Gasteiger charge is -2.34. The third-order valence-corrected chi connectivity index (χ3v) is 6.23. The number of piperidine rings is 1. The van der Waals surface area contributed by atoms with Gasteiger partial charge >= 0.3 is 6.09 Å². The lowest BCUT2D eigenvalue weighted by molar-refractivity contribution is 0.0163. The molecular weight excluding hydrogens is 495 g/mol. The fourth-order valence-corrected chi connectivity index (χ4v) is 4.66. The largest absolute Gasteiger partial charge is 0.444 e. The molecule has 174 valence electrons. The number of carbonyl (C=O) groups is 1. The van der Waals surface area contributed by atoms with Gasteiger partial charge in [-0.1, -0.05) is 0 Å². The molecule has 0 aromatic rings. The van der Waals surface area contributed by atoms with Crippen molar-refractivity contribution in [2.24, 2.45) is 16.3 Å². The molecule has 3 saturated heterocycles. The minimum Gasteiger partial charge on any atom is -0.444 e. The molecule has 1 N–H and O–H groups in total. The van der Waals surface area contributed by atoms with E-state index >= 15 is 0 Å². The highest BCUT2D eigenvalue weighted by atomic mass is 127. The van der Waals surface area contributed by atoms with Gasteiger partial charge in [0.05, 0.1) is 6.61 Å². The Morgan fingerprint density at radius 1 is 1.27 bits per heavy atom. The van der Waals surface area contributed by atoms with Crippen molar-refractivity contribution < 1.29 is 14.3 Å². The van der Waals surface area contributed by atoms with Gasteiger partial charge in [0.2, 0.25) is 0 Å². The summed E-state index contributed by atoms with van der Waals surface area (Å²) in [6.45, 7) is 15.1. The maximum atomic E-state index is 12.4. The Kier molecular flexibility index (Phi) is 9.52. The van der Waals surface area contributed by atoms with Crippen molar-refractivity contribution in [2.75, 3.05) is 52.5 Å². The fourth-order valence-electron chi connectivity index (χ4n) is 4.66. The van der Waals surface area contributed by atoms with Crippen LogP contribution in [0.25, 0.3) is 0 Å². The Balaban J connectivity index is 0.00000320. The first-order valence-electron chi connectivity index (χ1n) is 11.4. The van der Waals surface area contributed by atoms with Crippen molar-refractivity contribution in [2.45, 2.75) is 65.4 Å². The molecule has 0 saturated carbocycles. The van der Waals surface area contributed by atoms with Crippen molar-refractivity contribution in [3.63, 3.8) is 0 Å². The van der Waals surface area contributed by atoms with Gasteiger partial charge in [0.15, 0.2) is 5.96 Å². The summed E-state index contributed by atoms with van der Waals surface area (Å²) in [6, 6.07) is 0. The van der Waals surface area contributed by atoms with Crippen LogP contribution in [0.3, 0.4) is 0 Å². The highest BCUT2D eigenvalue weighted by Gasteiger charge is 2.42. The lowest BCUT2D eigenvalue weighted by Crippen LogP contribution is -2.43. The van der Waals surface area contributed by atoms with Crippen molar-refractivity contribution in [3.05, 3.63) is 0 Å². The maximum absolute atomic E-state index is 12.4. The first kappa shape index (κ1) is 25.5. The van der Waals surface area contributed by atoms with Gasteiger partial charge in [-0.3, -0.25) is 4.99 Å². The molecule has 0 aromatic carbocycles. The van der Waals surface area contributed by atoms with Crippen LogP contribution in [0.2, 0.25) is 0 Å². The van der Waals surface area contributed by atoms with Crippen molar-refractivity contribution in [1.29, 1.82) is 0 Å². The summed E-state index contributed by atoms with van der Waals surface area (Å²) in [4.78, 5) is 21.6. The second-order valence-electron chi connectivity index (χ2n) is 9.93. The number of carbonyl (C=O) groups excluding carboxylic acids is 1. The fraction of sp³-hybridized carbons (Fsp3) is 0.909. The molecule has 2 atom stereocenters. The number of rotatable bonds is 4. The molecule has 0 aliphatic carbocycles. The summed E-state index contributed by atoms with van der Waals surface area (Å²) in [5.74, 6) is 1.53. The molecule has 8 heteroatoms. The summed E-state index contributed by atoms with van der Waals surface area (Å²) in [5.41, 5.74) is -0.0973. The van der Waals surface area contributed by atoms with E-state index in [0.717, 1.165) is 77.7 Å². The van der Waals surface area contributed by atoms with Gasteiger partial charge in [-0.25, -0.2) is 4.79 Å². The highest BCUT2D eigenvalue weighted by Crippen LogP contribution is 2.38. The second kappa shape index (κ2) is 11.2. The quantitative estimate of drug-likeness (QED) is 0.337. The number of halogens is 1. The zero-order valence-corrected chi connectivity index (χ0v) is 21.6. The summed E-state index contributed by atoms with van der Waals surface area (Å²) < 4.78 is 11.2. The van der Waals surface area contributed by atoms with Crippen LogP contribution in [0.1, 0.15) is 59.8 Å². The molecule has 1 amide bonds. The number of aliphatic imine (C=N–C) groups is 1. The molecule has 7 nitrogen and oxygen atoms in total. The molecule has 3 aliphatic heterocycles. The number of hydrogen-bond donors (Lipinski definition) is 1. The van der Waals surface area contributed by atoms with E-state index in [1.165, 1.54) is 12.8 Å². The van der Waals surface area contributed by atoms with Crippen molar-refractivity contribution in [3.8, 4) is 0 Å². The first-order valence-corrected chi connectivity index (χ1v) is 11.4. The number of hydrogen-bond acceptors (Lipinski definition) is 4. The molecule has 3 fully saturated rings. The van der Waals surface area contributed by atoms with E-state index in [1.807, 2.05) is 25.7 Å². The predicted octanol–water partition coefficient (Wildman–Crippen LogP) is 3.72. The Hall–Kier alpha value is -0.770. The monoisotopic (exact) mass is 536 g/mol. The molecule has 0 aromatic heterocycles. The number of ether oxygens (including phenoxy) is 2. The minimum atomic E-state index is -0.438. The molecule has 3 rings (SSSR count). The number of likely N-dealkylation sites (tertiary alicyclic amines) is 2. The van der Waals surface area contributed by atoms with Gasteiger partial charge in [0.25, 0.3) is 0 Å². The molecule has 0 radical (unpaired) electrons. The van der Waals surface area contributed by atoms with Crippen LogP contribution in [-0.4, -0.2) is 79.9 Å². The third kappa shape index (κ3) is 7.14. The molecule has 3 heterocycles. The summed E-state index contributed by atoms with van der Waals surface area (Å²) in [7, 11) is 0.